The number of amides is 4. The van der Waals surface area contributed by atoms with E-state index in [1.807, 2.05) is 12.1 Å². The first-order valence-electron chi connectivity index (χ1n) is 9.88. The van der Waals surface area contributed by atoms with Gasteiger partial charge in [-0.3, -0.25) is 14.9 Å². The Labute approximate surface area is 177 Å². The molecule has 12 heteroatoms. The summed E-state index contributed by atoms with van der Waals surface area (Å²) in [5.41, 5.74) is 0.654. The summed E-state index contributed by atoms with van der Waals surface area (Å²) in [6, 6.07) is 3.23. The van der Waals surface area contributed by atoms with E-state index in [-0.39, 0.29) is 31.2 Å². The Hall–Kier alpha value is -3.96. The predicted octanol–water partition coefficient (Wildman–Crippen LogP) is 0.480. The number of nitrogens with one attached hydrogen (secondary N) is 3. The van der Waals surface area contributed by atoms with Crippen LogP contribution < -0.4 is 16.0 Å². The van der Waals surface area contributed by atoms with Crippen molar-refractivity contribution in [3.05, 3.63) is 36.7 Å². The smallest absolute Gasteiger partial charge is 0.324 e. The van der Waals surface area contributed by atoms with E-state index in [4.69, 9.17) is 4.42 Å². The number of hydrogen-bond donors (Lipinski definition) is 3. The van der Waals surface area contributed by atoms with Crippen LogP contribution in [0.25, 0.3) is 11.0 Å². The van der Waals surface area contributed by atoms with Crippen LogP contribution in [-0.4, -0.2) is 62.1 Å². The monoisotopic (exact) mass is 426 g/mol. The van der Waals surface area contributed by atoms with Crippen LogP contribution in [0.4, 0.5) is 10.6 Å². The molecule has 0 aliphatic carbocycles. The van der Waals surface area contributed by atoms with Crippen LogP contribution in [0.3, 0.4) is 0 Å². The van der Waals surface area contributed by atoms with Crippen LogP contribution in [0.1, 0.15) is 18.6 Å². The van der Waals surface area contributed by atoms with Crippen molar-refractivity contribution in [2.45, 2.75) is 25.9 Å². The molecule has 0 bridgehead atoms. The van der Waals surface area contributed by atoms with Crippen molar-refractivity contribution < 1.29 is 18.8 Å². The Kier molecular flexibility index (Phi) is 6.05. The number of anilines is 1. The van der Waals surface area contributed by atoms with E-state index in [0.29, 0.717) is 37.6 Å². The van der Waals surface area contributed by atoms with Gasteiger partial charge < -0.3 is 20.0 Å². The van der Waals surface area contributed by atoms with Crippen molar-refractivity contribution in [3.8, 4) is 0 Å². The van der Waals surface area contributed by atoms with Gasteiger partial charge in [-0.15, -0.1) is 0 Å². The van der Waals surface area contributed by atoms with E-state index in [0.717, 1.165) is 11.1 Å². The fourth-order valence-corrected chi connectivity index (χ4v) is 3.22. The van der Waals surface area contributed by atoms with Gasteiger partial charge in [0.05, 0.1) is 30.9 Å². The van der Waals surface area contributed by atoms with Gasteiger partial charge in [0.25, 0.3) is 0 Å². The van der Waals surface area contributed by atoms with Gasteiger partial charge in [-0.2, -0.15) is 5.10 Å². The van der Waals surface area contributed by atoms with Gasteiger partial charge in [-0.1, -0.05) is 0 Å². The SMILES string of the molecule is O=C(CCN1CCC(=O)NC1=O)NCCn1ncc2c(NCc3ccco3)ncnc21. The van der Waals surface area contributed by atoms with Crippen molar-refractivity contribution in [1.29, 1.82) is 0 Å². The molecule has 1 fully saturated rings. The summed E-state index contributed by atoms with van der Waals surface area (Å²) < 4.78 is 7.00. The molecule has 0 aromatic carbocycles. The highest BCUT2D eigenvalue weighted by Gasteiger charge is 2.23. The average Bonchev–Trinajstić information content (AvgIpc) is 3.42. The molecule has 31 heavy (non-hydrogen) atoms. The predicted molar refractivity (Wildman–Crippen MR) is 109 cm³/mol. The second kappa shape index (κ2) is 9.24. The summed E-state index contributed by atoms with van der Waals surface area (Å²) in [5.74, 6) is 0.961. The van der Waals surface area contributed by atoms with Crippen molar-refractivity contribution in [1.82, 2.24) is 35.3 Å². The first kappa shape index (κ1) is 20.3. The summed E-state index contributed by atoms with van der Waals surface area (Å²) in [5, 5.41) is 13.4. The van der Waals surface area contributed by atoms with Crippen LogP contribution in [0.15, 0.2) is 35.3 Å². The molecule has 4 rings (SSSR count). The Bertz CT molecular complexity index is 1080. The quantitative estimate of drug-likeness (QED) is 0.448. The van der Waals surface area contributed by atoms with E-state index in [1.54, 1.807) is 17.1 Å². The second-order valence-electron chi connectivity index (χ2n) is 6.95. The van der Waals surface area contributed by atoms with Gasteiger partial charge in [0, 0.05) is 32.5 Å². The normalized spacial score (nSPS) is 14.0. The fourth-order valence-electron chi connectivity index (χ4n) is 3.22. The molecule has 12 nitrogen and oxygen atoms in total. The molecular formula is C19H22N8O4. The molecule has 3 aromatic rings. The standard InChI is InChI=1S/C19H22N8O4/c28-15(3-6-26-7-4-16(29)25-19(26)30)20-5-8-27-18-14(11-24-27)17(22-12-23-18)21-10-13-2-1-9-31-13/h1-2,9,11-12H,3-8,10H2,(H,20,28)(H,21,22,23)(H,25,29,30). The third-order valence-corrected chi connectivity index (χ3v) is 4.84. The van der Waals surface area contributed by atoms with E-state index in [9.17, 15) is 14.4 Å². The van der Waals surface area contributed by atoms with Gasteiger partial charge in [0.2, 0.25) is 11.8 Å². The molecular weight excluding hydrogens is 404 g/mol. The zero-order chi connectivity index (χ0) is 21.6. The van der Waals surface area contributed by atoms with Crippen molar-refractivity contribution in [2.24, 2.45) is 0 Å². The average molecular weight is 426 g/mol. The number of fused-ring (bicyclic) bond motifs is 1. The number of rotatable bonds is 9. The minimum Gasteiger partial charge on any atom is -0.467 e. The highest BCUT2D eigenvalue weighted by Crippen LogP contribution is 2.19. The molecule has 3 aromatic heterocycles. The zero-order valence-electron chi connectivity index (χ0n) is 16.7. The van der Waals surface area contributed by atoms with E-state index in [2.05, 4.69) is 31.0 Å². The maximum atomic E-state index is 12.1. The zero-order valence-corrected chi connectivity index (χ0v) is 16.7. The number of imide groups is 1. The number of urea groups is 1. The molecule has 1 aliphatic heterocycles. The molecule has 1 saturated heterocycles. The molecule has 0 atom stereocenters. The number of hydrogen-bond acceptors (Lipinski definition) is 8. The van der Waals surface area contributed by atoms with Gasteiger partial charge in [-0.25, -0.2) is 19.4 Å². The third-order valence-electron chi connectivity index (χ3n) is 4.84. The number of carbonyl (C=O) groups is 3. The highest BCUT2D eigenvalue weighted by atomic mass is 16.3. The lowest BCUT2D eigenvalue weighted by Crippen LogP contribution is -2.50. The molecule has 0 unspecified atom stereocenters. The Morgan fingerprint density at radius 3 is 2.97 bits per heavy atom. The van der Waals surface area contributed by atoms with Crippen LogP contribution in [0, 0.1) is 0 Å². The lowest BCUT2D eigenvalue weighted by atomic mass is 10.3. The maximum absolute atomic E-state index is 12.1. The van der Waals surface area contributed by atoms with Crippen LogP contribution in [-0.2, 0) is 22.7 Å². The molecule has 0 radical (unpaired) electrons. The Morgan fingerprint density at radius 2 is 2.16 bits per heavy atom. The van der Waals surface area contributed by atoms with E-state index >= 15 is 0 Å². The highest BCUT2D eigenvalue weighted by molar-refractivity contribution is 5.96. The first-order valence-corrected chi connectivity index (χ1v) is 9.88. The number of carbonyl (C=O) groups excluding carboxylic acids is 3. The third kappa shape index (κ3) is 4.97. The fraction of sp³-hybridized carbons (Fsp3) is 0.368. The van der Waals surface area contributed by atoms with Gasteiger partial charge in [-0.05, 0) is 12.1 Å². The lowest BCUT2D eigenvalue weighted by Gasteiger charge is -2.26. The van der Waals surface area contributed by atoms with Crippen LogP contribution in [0.2, 0.25) is 0 Å². The summed E-state index contributed by atoms with van der Waals surface area (Å²) in [4.78, 5) is 44.9. The van der Waals surface area contributed by atoms with E-state index < -0.39 is 6.03 Å². The van der Waals surface area contributed by atoms with Crippen molar-refractivity contribution >= 4 is 34.7 Å². The summed E-state index contributed by atoms with van der Waals surface area (Å²) in [6.07, 6.45) is 5.15. The van der Waals surface area contributed by atoms with Gasteiger partial charge in [0.15, 0.2) is 5.65 Å². The molecule has 4 heterocycles. The van der Waals surface area contributed by atoms with Crippen molar-refractivity contribution in [2.75, 3.05) is 25.0 Å². The van der Waals surface area contributed by atoms with Crippen LogP contribution in [0.5, 0.6) is 0 Å². The summed E-state index contributed by atoms with van der Waals surface area (Å²) in [7, 11) is 0. The molecule has 162 valence electrons. The molecule has 1 aliphatic rings. The minimum atomic E-state index is -0.455. The number of aromatic nitrogens is 4. The van der Waals surface area contributed by atoms with Gasteiger partial charge in [0.1, 0.15) is 17.9 Å². The van der Waals surface area contributed by atoms with Gasteiger partial charge >= 0.3 is 6.03 Å². The molecule has 0 saturated carbocycles. The topological polar surface area (TPSA) is 147 Å². The second-order valence-corrected chi connectivity index (χ2v) is 6.95. The summed E-state index contributed by atoms with van der Waals surface area (Å²) >= 11 is 0. The van der Waals surface area contributed by atoms with Crippen LogP contribution >= 0.6 is 0 Å². The summed E-state index contributed by atoms with van der Waals surface area (Å²) in [6.45, 7) is 1.87. The van der Waals surface area contributed by atoms with E-state index in [1.165, 1.54) is 11.2 Å². The van der Waals surface area contributed by atoms with Crippen molar-refractivity contribution in [3.63, 3.8) is 0 Å². The largest absolute Gasteiger partial charge is 0.467 e. The molecule has 4 amide bonds. The number of nitrogens with zero attached hydrogens (tertiary/aromatic N) is 5. The lowest BCUT2D eigenvalue weighted by molar-refractivity contribution is -0.121. The molecule has 3 N–H and O–H groups in total. The molecule has 0 spiro atoms. The minimum absolute atomic E-state index is 0.157. The number of furan rings is 1. The Morgan fingerprint density at radius 1 is 1.26 bits per heavy atom. The first-order chi connectivity index (χ1) is 15.1. The maximum Gasteiger partial charge on any atom is 0.324 e. The Balaban J connectivity index is 1.26.